The second-order valence-corrected chi connectivity index (χ2v) is 8.76. The highest BCUT2D eigenvalue weighted by molar-refractivity contribution is 5.85. The van der Waals surface area contributed by atoms with E-state index in [0.29, 0.717) is 5.56 Å². The van der Waals surface area contributed by atoms with Crippen molar-refractivity contribution in [3.8, 4) is 17.6 Å². The molecule has 1 saturated heterocycles. The van der Waals surface area contributed by atoms with Crippen molar-refractivity contribution < 1.29 is 4.74 Å². The van der Waals surface area contributed by atoms with E-state index in [1.54, 1.807) is 6.20 Å². The predicted octanol–water partition coefficient (Wildman–Crippen LogP) is 4.80. The van der Waals surface area contributed by atoms with Gasteiger partial charge in [-0.15, -0.1) is 0 Å². The zero-order valence-electron chi connectivity index (χ0n) is 19.5. The number of aryl methyl sites for hydroxylation is 1. The molecule has 7 heteroatoms. The molecule has 0 unspecified atom stereocenters. The Morgan fingerprint density at radius 2 is 1.71 bits per heavy atom. The van der Waals surface area contributed by atoms with Crippen LogP contribution in [0.1, 0.15) is 16.7 Å². The maximum absolute atomic E-state index is 9.78. The lowest BCUT2D eigenvalue weighted by Crippen LogP contribution is -2.43. The number of rotatable bonds is 6. The van der Waals surface area contributed by atoms with Gasteiger partial charge in [0.1, 0.15) is 17.6 Å². The third-order valence-corrected chi connectivity index (χ3v) is 6.37. The van der Waals surface area contributed by atoms with Gasteiger partial charge in [0.2, 0.25) is 0 Å². The molecule has 1 N–H and O–H groups in total. The van der Waals surface area contributed by atoms with Gasteiger partial charge in [-0.3, -0.25) is 4.90 Å². The van der Waals surface area contributed by atoms with Gasteiger partial charge in [0.25, 0.3) is 0 Å². The van der Waals surface area contributed by atoms with E-state index in [1.165, 1.54) is 5.56 Å². The summed E-state index contributed by atoms with van der Waals surface area (Å²) in [5, 5.41) is 17.7. The van der Waals surface area contributed by atoms with Gasteiger partial charge < -0.3 is 15.0 Å². The van der Waals surface area contributed by atoms with Crippen molar-refractivity contribution in [2.45, 2.75) is 13.5 Å². The normalized spacial score (nSPS) is 14.7. The molecule has 0 saturated carbocycles. The van der Waals surface area contributed by atoms with Gasteiger partial charge >= 0.3 is 0 Å². The molecule has 172 valence electrons. The second kappa shape index (κ2) is 9.56. The molecule has 3 heterocycles. The minimum Gasteiger partial charge on any atom is -0.457 e. The molecule has 2 aromatic carbocycles. The summed E-state index contributed by atoms with van der Waals surface area (Å²) in [6.45, 7) is 7.28. The van der Waals surface area contributed by atoms with E-state index in [4.69, 9.17) is 4.74 Å². The lowest BCUT2D eigenvalue weighted by atomic mass is 10.1. The molecule has 5 rings (SSSR count). The number of benzene rings is 2. The molecular weight excluding hydrogens is 424 g/mol. The highest BCUT2D eigenvalue weighted by Crippen LogP contribution is 2.32. The average Bonchev–Trinajstić information content (AvgIpc) is 3.18. The van der Waals surface area contributed by atoms with Gasteiger partial charge in [-0.2, -0.15) is 10.4 Å². The van der Waals surface area contributed by atoms with E-state index in [-0.39, 0.29) is 0 Å². The fourth-order valence-electron chi connectivity index (χ4n) is 4.33. The van der Waals surface area contributed by atoms with Crippen molar-refractivity contribution in [2.24, 2.45) is 0 Å². The summed E-state index contributed by atoms with van der Waals surface area (Å²) < 4.78 is 7.78. The fraction of sp³-hybridized carbons (Fsp3) is 0.259. The molecule has 0 radical (unpaired) electrons. The average molecular weight is 453 g/mol. The molecule has 2 aromatic heterocycles. The topological polar surface area (TPSA) is 68.8 Å². The second-order valence-electron chi connectivity index (χ2n) is 8.76. The summed E-state index contributed by atoms with van der Waals surface area (Å²) in [7, 11) is 2.17. The number of anilines is 2. The van der Waals surface area contributed by atoms with Crippen LogP contribution in [-0.2, 0) is 6.54 Å². The number of fused-ring (bicyclic) bond motifs is 1. The Kier molecular flexibility index (Phi) is 6.17. The zero-order chi connectivity index (χ0) is 23.5. The third kappa shape index (κ3) is 4.60. The minimum absolute atomic E-state index is 0.518. The van der Waals surface area contributed by atoms with E-state index >= 15 is 0 Å². The Labute approximate surface area is 199 Å². The van der Waals surface area contributed by atoms with Crippen LogP contribution in [0.5, 0.6) is 11.5 Å². The van der Waals surface area contributed by atoms with Crippen LogP contribution in [0.2, 0.25) is 0 Å². The summed E-state index contributed by atoms with van der Waals surface area (Å²) in [4.78, 5) is 4.84. The number of nitrogens with zero attached hydrogens (tertiary/aromatic N) is 5. The van der Waals surface area contributed by atoms with Crippen molar-refractivity contribution in [3.63, 3.8) is 0 Å². The summed E-state index contributed by atoms with van der Waals surface area (Å²) in [6.07, 6.45) is 3.72. The first-order chi connectivity index (χ1) is 16.6. The number of piperazine rings is 1. The first kappa shape index (κ1) is 22.0. The SMILES string of the molecule is Cc1c(CN2CCN(C)CC2)cn2ncc(C#N)c(Nc3ccc(Oc4ccccc4)cc3)c12. The monoisotopic (exact) mass is 452 g/mol. The number of hydrogen-bond donors (Lipinski definition) is 1. The molecule has 0 bridgehead atoms. The Bertz CT molecular complexity index is 1320. The number of ether oxygens (including phenoxy) is 1. The molecule has 7 nitrogen and oxygen atoms in total. The Morgan fingerprint density at radius 1 is 1.00 bits per heavy atom. The highest BCUT2D eigenvalue weighted by Gasteiger charge is 2.19. The first-order valence-electron chi connectivity index (χ1n) is 11.5. The summed E-state index contributed by atoms with van der Waals surface area (Å²) in [5.41, 5.74) is 5.50. The standard InChI is InChI=1S/C27H28N6O/c1-20-22(18-32-14-12-31(2)13-15-32)19-33-27(20)26(21(16-28)17-29-33)30-23-8-10-25(11-9-23)34-24-6-4-3-5-7-24/h3-11,17,19,30H,12-15,18H2,1-2H3. The third-order valence-electron chi connectivity index (χ3n) is 6.37. The van der Waals surface area contributed by atoms with Crippen molar-refractivity contribution in [3.05, 3.63) is 83.7 Å². The maximum Gasteiger partial charge on any atom is 0.127 e. The maximum atomic E-state index is 9.78. The van der Waals surface area contributed by atoms with E-state index in [1.807, 2.05) is 59.1 Å². The van der Waals surface area contributed by atoms with Crippen molar-refractivity contribution in [2.75, 3.05) is 38.5 Å². The molecule has 1 aliphatic heterocycles. The summed E-state index contributed by atoms with van der Waals surface area (Å²) in [5.74, 6) is 1.55. The molecule has 4 aromatic rings. The number of likely N-dealkylation sites (N-methyl/N-ethyl adjacent to an activating group) is 1. The number of hydrogen-bond acceptors (Lipinski definition) is 6. The number of nitriles is 1. The van der Waals surface area contributed by atoms with Crippen molar-refractivity contribution >= 4 is 16.9 Å². The smallest absolute Gasteiger partial charge is 0.127 e. The van der Waals surface area contributed by atoms with Gasteiger partial charge in [-0.1, -0.05) is 18.2 Å². The van der Waals surface area contributed by atoms with Gasteiger partial charge in [-0.25, -0.2) is 4.52 Å². The van der Waals surface area contributed by atoms with Gasteiger partial charge in [-0.05, 0) is 61.5 Å². The molecule has 0 spiro atoms. The van der Waals surface area contributed by atoms with Crippen LogP contribution in [-0.4, -0.2) is 52.6 Å². The summed E-state index contributed by atoms with van der Waals surface area (Å²) in [6, 6.07) is 19.8. The zero-order valence-corrected chi connectivity index (χ0v) is 19.5. The van der Waals surface area contributed by atoms with E-state index in [0.717, 1.165) is 66.7 Å². The minimum atomic E-state index is 0.518. The number of para-hydroxylation sites is 1. The Hall–Kier alpha value is -3.86. The molecule has 0 atom stereocenters. The van der Waals surface area contributed by atoms with Crippen LogP contribution in [0, 0.1) is 18.3 Å². The van der Waals surface area contributed by atoms with E-state index in [2.05, 4.69) is 46.5 Å². The van der Waals surface area contributed by atoms with Crippen LogP contribution in [0.3, 0.4) is 0 Å². The lowest BCUT2D eigenvalue weighted by molar-refractivity contribution is 0.148. The van der Waals surface area contributed by atoms with Crippen LogP contribution >= 0.6 is 0 Å². The van der Waals surface area contributed by atoms with Gasteiger partial charge in [0, 0.05) is 44.6 Å². The highest BCUT2D eigenvalue weighted by atomic mass is 16.5. The van der Waals surface area contributed by atoms with Gasteiger partial charge in [0.15, 0.2) is 0 Å². The van der Waals surface area contributed by atoms with Crippen molar-refractivity contribution in [1.82, 2.24) is 19.4 Å². The number of nitrogens with one attached hydrogen (secondary N) is 1. The molecule has 0 aliphatic carbocycles. The molecule has 1 fully saturated rings. The predicted molar refractivity (Wildman–Crippen MR) is 134 cm³/mol. The molecule has 34 heavy (non-hydrogen) atoms. The molecular formula is C27H28N6O. The first-order valence-corrected chi connectivity index (χ1v) is 11.5. The lowest BCUT2D eigenvalue weighted by Gasteiger charge is -2.32. The molecule has 1 aliphatic rings. The van der Waals surface area contributed by atoms with Crippen LogP contribution in [0.25, 0.3) is 5.52 Å². The number of aromatic nitrogens is 2. The summed E-state index contributed by atoms with van der Waals surface area (Å²) >= 11 is 0. The van der Waals surface area contributed by atoms with Crippen molar-refractivity contribution in [1.29, 1.82) is 5.26 Å². The quantitative estimate of drug-likeness (QED) is 0.453. The van der Waals surface area contributed by atoms with Crippen LogP contribution in [0.15, 0.2) is 67.0 Å². The molecule has 0 amide bonds. The van der Waals surface area contributed by atoms with E-state index in [9.17, 15) is 5.26 Å². The Morgan fingerprint density at radius 3 is 2.41 bits per heavy atom. The largest absolute Gasteiger partial charge is 0.457 e. The van der Waals surface area contributed by atoms with Crippen LogP contribution in [0.4, 0.5) is 11.4 Å². The Balaban J connectivity index is 1.41. The van der Waals surface area contributed by atoms with E-state index < -0.39 is 0 Å². The van der Waals surface area contributed by atoms with Gasteiger partial charge in [0.05, 0.1) is 23.0 Å². The van der Waals surface area contributed by atoms with Crippen LogP contribution < -0.4 is 10.1 Å². The fourth-order valence-corrected chi connectivity index (χ4v) is 4.33.